The Labute approximate surface area is 120 Å². The molecular weight excluding hydrogens is 313 g/mol. The Hall–Kier alpha value is -1.20. The van der Waals surface area contributed by atoms with Crippen LogP contribution in [-0.4, -0.2) is 23.7 Å². The summed E-state index contributed by atoms with van der Waals surface area (Å²) in [4.78, 5) is 11.6. The van der Waals surface area contributed by atoms with E-state index in [2.05, 4.69) is 21.2 Å². The first-order chi connectivity index (χ1) is 8.93. The zero-order valence-corrected chi connectivity index (χ0v) is 12.4. The third-order valence-electron chi connectivity index (χ3n) is 2.88. The van der Waals surface area contributed by atoms with Crippen LogP contribution < -0.4 is 5.32 Å². The largest absolute Gasteiger partial charge is 0.396 e. The third-order valence-corrected chi connectivity index (χ3v) is 3.38. The molecule has 2 unspecified atom stereocenters. The normalized spacial score (nSPS) is 14.4. The minimum atomic E-state index is -0.385. The molecule has 1 amide bonds. The number of nitrogens with one attached hydrogen (secondary N) is 1. The number of carbonyl (C=O) groups excluding carboxylic acids is 1. The van der Waals surface area contributed by atoms with Crippen molar-refractivity contribution in [1.82, 2.24) is 5.32 Å². The van der Waals surface area contributed by atoms with Gasteiger partial charge in [0.2, 0.25) is 5.91 Å². The van der Waals surface area contributed by atoms with E-state index in [0.29, 0.717) is 5.56 Å². The van der Waals surface area contributed by atoms with Gasteiger partial charge in [-0.1, -0.05) is 22.9 Å². The van der Waals surface area contributed by atoms with Gasteiger partial charge in [-0.3, -0.25) is 4.79 Å². The highest BCUT2D eigenvalue weighted by Crippen LogP contribution is 2.16. The molecule has 19 heavy (non-hydrogen) atoms. The zero-order valence-electron chi connectivity index (χ0n) is 10.9. The highest BCUT2D eigenvalue weighted by Gasteiger charge is 2.12. The van der Waals surface area contributed by atoms with Crippen LogP contribution in [0, 0.1) is 11.7 Å². The minimum absolute atomic E-state index is 0.00538. The van der Waals surface area contributed by atoms with Gasteiger partial charge >= 0.3 is 0 Å². The average Bonchev–Trinajstić information content (AvgIpc) is 2.38. The van der Waals surface area contributed by atoms with Crippen LogP contribution in [0.25, 0.3) is 6.08 Å². The summed E-state index contributed by atoms with van der Waals surface area (Å²) in [5, 5.41) is 11.7. The van der Waals surface area contributed by atoms with E-state index in [1.807, 2.05) is 13.8 Å². The molecule has 1 aromatic carbocycles. The van der Waals surface area contributed by atoms with Crippen LogP contribution in [0.15, 0.2) is 28.7 Å². The highest BCUT2D eigenvalue weighted by atomic mass is 79.9. The van der Waals surface area contributed by atoms with Crippen molar-refractivity contribution in [2.75, 3.05) is 6.61 Å². The summed E-state index contributed by atoms with van der Waals surface area (Å²) in [5.41, 5.74) is 0.340. The molecule has 2 N–H and O–H groups in total. The van der Waals surface area contributed by atoms with E-state index in [4.69, 9.17) is 5.11 Å². The molecule has 0 aromatic heterocycles. The van der Waals surface area contributed by atoms with Gasteiger partial charge in [-0.15, -0.1) is 0 Å². The molecule has 3 nitrogen and oxygen atoms in total. The lowest BCUT2D eigenvalue weighted by Crippen LogP contribution is -2.37. The summed E-state index contributed by atoms with van der Waals surface area (Å²) >= 11 is 3.24. The molecule has 0 aliphatic carbocycles. The van der Waals surface area contributed by atoms with Crippen LogP contribution in [0.1, 0.15) is 19.4 Å². The molecule has 0 heterocycles. The lowest BCUT2D eigenvalue weighted by Gasteiger charge is -2.18. The number of amides is 1. The second kappa shape index (κ2) is 7.40. The number of hydrogen-bond acceptors (Lipinski definition) is 2. The minimum Gasteiger partial charge on any atom is -0.396 e. The molecule has 0 spiro atoms. The summed E-state index contributed by atoms with van der Waals surface area (Å²) in [5.74, 6) is -0.726. The zero-order chi connectivity index (χ0) is 14.4. The van der Waals surface area contributed by atoms with Gasteiger partial charge in [0.25, 0.3) is 0 Å². The van der Waals surface area contributed by atoms with Gasteiger partial charge in [0.15, 0.2) is 0 Å². The summed E-state index contributed by atoms with van der Waals surface area (Å²) in [6.07, 6.45) is 2.71. The molecule has 2 atom stereocenters. The van der Waals surface area contributed by atoms with E-state index in [0.717, 1.165) is 4.47 Å². The molecule has 104 valence electrons. The maximum atomic E-state index is 13.4. The summed E-state index contributed by atoms with van der Waals surface area (Å²) in [6.45, 7) is 3.65. The number of aliphatic hydroxyl groups is 1. The molecule has 5 heteroatoms. The number of rotatable bonds is 5. The van der Waals surface area contributed by atoms with Crippen LogP contribution in [0.4, 0.5) is 4.39 Å². The summed E-state index contributed by atoms with van der Waals surface area (Å²) in [7, 11) is 0. The van der Waals surface area contributed by atoms with Gasteiger partial charge in [-0.05, 0) is 37.1 Å². The van der Waals surface area contributed by atoms with Crippen LogP contribution >= 0.6 is 15.9 Å². The maximum Gasteiger partial charge on any atom is 0.244 e. The van der Waals surface area contributed by atoms with E-state index in [9.17, 15) is 9.18 Å². The van der Waals surface area contributed by atoms with Gasteiger partial charge < -0.3 is 10.4 Å². The predicted octanol–water partition coefficient (Wildman–Crippen LogP) is 2.73. The highest BCUT2D eigenvalue weighted by molar-refractivity contribution is 9.10. The Morgan fingerprint density at radius 2 is 2.21 bits per heavy atom. The fraction of sp³-hybridized carbons (Fsp3) is 0.357. The first-order valence-corrected chi connectivity index (χ1v) is 6.77. The van der Waals surface area contributed by atoms with Gasteiger partial charge in [0, 0.05) is 28.8 Å². The number of hydrogen-bond donors (Lipinski definition) is 2. The lowest BCUT2D eigenvalue weighted by molar-refractivity contribution is -0.117. The Kier molecular flexibility index (Phi) is 6.18. The van der Waals surface area contributed by atoms with Crippen molar-refractivity contribution in [3.63, 3.8) is 0 Å². The Morgan fingerprint density at radius 3 is 2.84 bits per heavy atom. The van der Waals surface area contributed by atoms with Crippen molar-refractivity contribution in [1.29, 1.82) is 0 Å². The monoisotopic (exact) mass is 329 g/mol. The Morgan fingerprint density at radius 1 is 1.53 bits per heavy atom. The predicted molar refractivity (Wildman–Crippen MR) is 77.0 cm³/mol. The Balaban J connectivity index is 2.66. The van der Waals surface area contributed by atoms with Gasteiger partial charge in [-0.25, -0.2) is 4.39 Å². The number of carbonyl (C=O) groups is 1. The van der Waals surface area contributed by atoms with E-state index < -0.39 is 0 Å². The number of benzene rings is 1. The smallest absolute Gasteiger partial charge is 0.244 e. The number of halogens is 2. The molecular formula is C14H17BrFNO2. The van der Waals surface area contributed by atoms with Crippen molar-refractivity contribution in [3.8, 4) is 0 Å². The molecule has 0 aliphatic heterocycles. The van der Waals surface area contributed by atoms with Gasteiger partial charge in [0.05, 0.1) is 0 Å². The van der Waals surface area contributed by atoms with Gasteiger partial charge in [0.1, 0.15) is 5.82 Å². The van der Waals surface area contributed by atoms with E-state index in [1.165, 1.54) is 18.2 Å². The second-order valence-electron chi connectivity index (χ2n) is 4.46. The average molecular weight is 330 g/mol. The fourth-order valence-electron chi connectivity index (χ4n) is 1.38. The fourth-order valence-corrected chi connectivity index (χ4v) is 1.76. The molecule has 0 fully saturated rings. The van der Waals surface area contributed by atoms with Crippen LogP contribution in [0.3, 0.4) is 0 Å². The van der Waals surface area contributed by atoms with Crippen LogP contribution in [0.5, 0.6) is 0 Å². The van der Waals surface area contributed by atoms with E-state index >= 15 is 0 Å². The standard InChI is InChI=1S/C14H17BrFNO2/c1-9(8-18)10(2)17-14(19)6-3-11-7-12(15)4-5-13(11)16/h3-7,9-10,18H,8H2,1-2H3,(H,17,19)/b6-3+. The molecule has 1 aromatic rings. The van der Waals surface area contributed by atoms with E-state index in [1.54, 1.807) is 12.1 Å². The molecule has 0 saturated heterocycles. The van der Waals surface area contributed by atoms with Crippen molar-refractivity contribution in [2.45, 2.75) is 19.9 Å². The third kappa shape index (κ3) is 5.12. The molecule has 0 radical (unpaired) electrons. The Bertz CT molecular complexity index is 477. The quantitative estimate of drug-likeness (QED) is 0.816. The van der Waals surface area contributed by atoms with E-state index in [-0.39, 0.29) is 30.3 Å². The van der Waals surface area contributed by atoms with Crippen LogP contribution in [-0.2, 0) is 4.79 Å². The number of aliphatic hydroxyl groups excluding tert-OH is 1. The van der Waals surface area contributed by atoms with Crippen molar-refractivity contribution in [3.05, 3.63) is 40.1 Å². The van der Waals surface area contributed by atoms with Crippen LogP contribution in [0.2, 0.25) is 0 Å². The van der Waals surface area contributed by atoms with Gasteiger partial charge in [-0.2, -0.15) is 0 Å². The molecule has 0 saturated carbocycles. The first kappa shape index (κ1) is 15.9. The molecule has 0 aliphatic rings. The first-order valence-electron chi connectivity index (χ1n) is 5.98. The van der Waals surface area contributed by atoms with Crippen molar-refractivity contribution in [2.24, 2.45) is 5.92 Å². The SMILES string of the molecule is CC(CO)C(C)NC(=O)/C=C/c1cc(Br)ccc1F. The maximum absolute atomic E-state index is 13.4. The second-order valence-corrected chi connectivity index (χ2v) is 5.37. The summed E-state index contributed by atoms with van der Waals surface area (Å²) in [6, 6.07) is 4.38. The molecule has 1 rings (SSSR count). The van der Waals surface area contributed by atoms with Crippen molar-refractivity contribution >= 4 is 27.9 Å². The topological polar surface area (TPSA) is 49.3 Å². The van der Waals surface area contributed by atoms with Crippen molar-refractivity contribution < 1.29 is 14.3 Å². The molecule has 0 bridgehead atoms. The lowest BCUT2D eigenvalue weighted by atomic mass is 10.1. The summed E-state index contributed by atoms with van der Waals surface area (Å²) < 4.78 is 14.2.